The lowest BCUT2D eigenvalue weighted by molar-refractivity contribution is -0.206. The second-order valence-electron chi connectivity index (χ2n) is 7.54. The third-order valence-corrected chi connectivity index (χ3v) is 6.25. The average molecular weight is 348 g/mol. The predicted molar refractivity (Wildman–Crippen MR) is 94.5 cm³/mol. The SMILES string of the molecule is Cc1ccc(C2OCC(CCC3CCC(C[Si])CC3)CO2)cc1F. The molecule has 0 spiro atoms. The van der Waals surface area contributed by atoms with Gasteiger partial charge < -0.3 is 9.47 Å². The quantitative estimate of drug-likeness (QED) is 0.700. The minimum atomic E-state index is -0.412. The Hall–Kier alpha value is -0.713. The van der Waals surface area contributed by atoms with Crippen molar-refractivity contribution in [2.45, 2.75) is 57.8 Å². The van der Waals surface area contributed by atoms with E-state index in [9.17, 15) is 4.39 Å². The normalized spacial score (nSPS) is 31.1. The van der Waals surface area contributed by atoms with E-state index in [4.69, 9.17) is 9.47 Å². The van der Waals surface area contributed by atoms with Crippen LogP contribution in [-0.4, -0.2) is 23.5 Å². The highest BCUT2D eigenvalue weighted by Crippen LogP contribution is 2.35. The van der Waals surface area contributed by atoms with Crippen LogP contribution >= 0.6 is 0 Å². The van der Waals surface area contributed by atoms with Crippen LogP contribution < -0.4 is 0 Å². The molecule has 3 rings (SSSR count). The standard InChI is InChI=1S/C20H28FO2Si/c1-14-2-9-18(10-19(14)21)20-22-11-17(12-23-20)8-5-15-3-6-16(13-24)7-4-15/h2,9-10,15-17,20H,3-8,11-13H2,1H3. The van der Waals surface area contributed by atoms with Gasteiger partial charge in [-0.05, 0) is 36.8 Å². The number of halogens is 1. The van der Waals surface area contributed by atoms with Crippen LogP contribution in [0.5, 0.6) is 0 Å². The van der Waals surface area contributed by atoms with E-state index >= 15 is 0 Å². The Kier molecular flexibility index (Phi) is 6.47. The topological polar surface area (TPSA) is 18.5 Å². The summed E-state index contributed by atoms with van der Waals surface area (Å²) in [7, 11) is 3.66. The summed E-state index contributed by atoms with van der Waals surface area (Å²) in [5.41, 5.74) is 1.44. The van der Waals surface area contributed by atoms with Crippen LogP contribution in [0.2, 0.25) is 6.04 Å². The summed E-state index contributed by atoms with van der Waals surface area (Å²) in [6, 6.07) is 6.36. The van der Waals surface area contributed by atoms with Gasteiger partial charge in [-0.2, -0.15) is 0 Å². The Morgan fingerprint density at radius 3 is 2.25 bits per heavy atom. The third-order valence-electron chi connectivity index (χ3n) is 5.67. The van der Waals surface area contributed by atoms with Crippen molar-refractivity contribution in [2.24, 2.45) is 17.8 Å². The minimum absolute atomic E-state index is 0.194. The molecule has 0 atom stereocenters. The number of hydrogen-bond acceptors (Lipinski definition) is 2. The van der Waals surface area contributed by atoms with Crippen LogP contribution in [0.4, 0.5) is 4.39 Å². The van der Waals surface area contributed by atoms with Crippen LogP contribution in [0, 0.1) is 30.5 Å². The van der Waals surface area contributed by atoms with Gasteiger partial charge in [-0.1, -0.05) is 50.3 Å². The van der Waals surface area contributed by atoms with Gasteiger partial charge in [0.05, 0.1) is 13.2 Å². The summed E-state index contributed by atoms with van der Waals surface area (Å²) in [6.07, 6.45) is 7.53. The van der Waals surface area contributed by atoms with Crippen molar-refractivity contribution in [1.82, 2.24) is 0 Å². The van der Waals surface area contributed by atoms with Gasteiger partial charge in [-0.25, -0.2) is 4.39 Å². The van der Waals surface area contributed by atoms with E-state index in [1.807, 2.05) is 6.07 Å². The van der Waals surface area contributed by atoms with Crippen molar-refractivity contribution in [2.75, 3.05) is 13.2 Å². The van der Waals surface area contributed by atoms with Crippen molar-refractivity contribution in [3.8, 4) is 0 Å². The van der Waals surface area contributed by atoms with Crippen molar-refractivity contribution in [3.05, 3.63) is 35.1 Å². The molecule has 4 heteroatoms. The number of aryl methyl sites for hydroxylation is 1. The van der Waals surface area contributed by atoms with Crippen molar-refractivity contribution in [1.29, 1.82) is 0 Å². The molecule has 0 bridgehead atoms. The molecule has 1 aromatic rings. The molecule has 0 amide bonds. The molecule has 3 radical (unpaired) electrons. The molecule has 24 heavy (non-hydrogen) atoms. The van der Waals surface area contributed by atoms with Crippen LogP contribution in [-0.2, 0) is 9.47 Å². The molecular formula is C20H28FO2Si. The molecule has 1 aliphatic carbocycles. The highest BCUT2D eigenvalue weighted by atomic mass is 28.1. The molecule has 1 aromatic carbocycles. The Morgan fingerprint density at radius 2 is 1.62 bits per heavy atom. The maximum Gasteiger partial charge on any atom is 0.183 e. The fourth-order valence-corrected chi connectivity index (χ4v) is 4.26. The second kappa shape index (κ2) is 8.59. The first-order chi connectivity index (χ1) is 11.7. The first-order valence-electron chi connectivity index (χ1n) is 9.29. The van der Waals surface area contributed by atoms with Gasteiger partial charge >= 0.3 is 0 Å². The molecule has 2 nitrogen and oxygen atoms in total. The molecule has 0 N–H and O–H groups in total. The van der Waals surface area contributed by atoms with Gasteiger partial charge in [-0.3, -0.25) is 0 Å². The zero-order valence-corrected chi connectivity index (χ0v) is 15.6. The largest absolute Gasteiger partial charge is 0.348 e. The highest BCUT2D eigenvalue weighted by molar-refractivity contribution is 6.08. The van der Waals surface area contributed by atoms with E-state index in [0.29, 0.717) is 11.5 Å². The Morgan fingerprint density at radius 1 is 1.00 bits per heavy atom. The first kappa shape index (κ1) is 18.1. The highest BCUT2D eigenvalue weighted by Gasteiger charge is 2.26. The van der Waals surface area contributed by atoms with Gasteiger partial charge in [0.15, 0.2) is 6.29 Å². The van der Waals surface area contributed by atoms with E-state index < -0.39 is 6.29 Å². The third kappa shape index (κ3) is 4.68. The summed E-state index contributed by atoms with van der Waals surface area (Å²) in [6.45, 7) is 3.20. The first-order valence-corrected chi connectivity index (χ1v) is 10.00. The molecular weight excluding hydrogens is 319 g/mol. The van der Waals surface area contributed by atoms with Crippen molar-refractivity contribution >= 4 is 10.2 Å². The maximum atomic E-state index is 13.7. The summed E-state index contributed by atoms with van der Waals surface area (Å²) in [5.74, 6) is 2.05. The van der Waals surface area contributed by atoms with E-state index in [1.165, 1.54) is 44.6 Å². The molecule has 131 valence electrons. The second-order valence-corrected chi connectivity index (χ2v) is 7.95. The summed E-state index contributed by atoms with van der Waals surface area (Å²) in [4.78, 5) is 0. The Balaban J connectivity index is 1.40. The summed E-state index contributed by atoms with van der Waals surface area (Å²) >= 11 is 0. The van der Waals surface area contributed by atoms with Crippen molar-refractivity contribution < 1.29 is 13.9 Å². The van der Waals surface area contributed by atoms with Crippen LogP contribution in [0.1, 0.15) is 55.9 Å². The maximum absolute atomic E-state index is 13.7. The van der Waals surface area contributed by atoms with Crippen molar-refractivity contribution in [3.63, 3.8) is 0 Å². The van der Waals surface area contributed by atoms with Crippen LogP contribution in [0.25, 0.3) is 0 Å². The van der Waals surface area contributed by atoms with E-state index in [1.54, 1.807) is 13.0 Å². The Labute approximate surface area is 148 Å². The van der Waals surface area contributed by atoms with Gasteiger partial charge in [-0.15, -0.1) is 0 Å². The number of ether oxygens (including phenoxy) is 2. The van der Waals surface area contributed by atoms with E-state index in [0.717, 1.165) is 36.7 Å². The minimum Gasteiger partial charge on any atom is -0.348 e. The zero-order chi connectivity index (χ0) is 16.9. The van der Waals surface area contributed by atoms with Crippen LogP contribution in [0.3, 0.4) is 0 Å². The molecule has 1 heterocycles. The summed E-state index contributed by atoms with van der Waals surface area (Å²) < 4.78 is 25.4. The number of hydrogen-bond donors (Lipinski definition) is 0. The number of rotatable bonds is 5. The molecule has 0 aromatic heterocycles. The van der Waals surface area contributed by atoms with Gasteiger partial charge in [0.2, 0.25) is 0 Å². The lowest BCUT2D eigenvalue weighted by atomic mass is 9.80. The molecule has 1 saturated carbocycles. The molecule has 2 fully saturated rings. The molecule has 1 saturated heterocycles. The molecule has 2 aliphatic rings. The smallest absolute Gasteiger partial charge is 0.183 e. The zero-order valence-electron chi connectivity index (χ0n) is 14.6. The lowest BCUT2D eigenvalue weighted by Gasteiger charge is -2.32. The fraction of sp³-hybridized carbons (Fsp3) is 0.700. The van der Waals surface area contributed by atoms with E-state index in [2.05, 4.69) is 10.2 Å². The monoisotopic (exact) mass is 347 g/mol. The van der Waals surface area contributed by atoms with E-state index in [-0.39, 0.29) is 5.82 Å². The predicted octanol–water partition coefficient (Wildman–Crippen LogP) is 4.97. The molecule has 0 unspecified atom stereocenters. The fourth-order valence-electron chi connectivity index (χ4n) is 3.85. The summed E-state index contributed by atoms with van der Waals surface area (Å²) in [5, 5.41) is 0. The molecule has 1 aliphatic heterocycles. The average Bonchev–Trinajstić information content (AvgIpc) is 2.63. The van der Waals surface area contributed by atoms with Crippen LogP contribution in [0.15, 0.2) is 18.2 Å². The van der Waals surface area contributed by atoms with Gasteiger partial charge in [0.1, 0.15) is 5.82 Å². The van der Waals surface area contributed by atoms with Gasteiger partial charge in [0.25, 0.3) is 0 Å². The lowest BCUT2D eigenvalue weighted by Crippen LogP contribution is -2.28. The number of benzene rings is 1. The Bertz CT molecular complexity index is 520. The van der Waals surface area contributed by atoms with Gasteiger partial charge in [0, 0.05) is 21.7 Å².